The summed E-state index contributed by atoms with van der Waals surface area (Å²) in [7, 11) is 0. The second-order valence-corrected chi connectivity index (χ2v) is 9.50. The van der Waals surface area contributed by atoms with E-state index in [0.717, 1.165) is 39.2 Å². The van der Waals surface area contributed by atoms with Crippen LogP contribution in [0.4, 0.5) is 0 Å². The molecule has 4 heteroatoms. The van der Waals surface area contributed by atoms with Crippen LogP contribution in [0, 0.1) is 19.8 Å². The molecule has 1 N–H and O–H groups in total. The van der Waals surface area contributed by atoms with Gasteiger partial charge in [-0.25, -0.2) is 0 Å². The van der Waals surface area contributed by atoms with Gasteiger partial charge in [-0.1, -0.05) is 96.6 Å². The lowest BCUT2D eigenvalue weighted by Crippen LogP contribution is -2.26. The third kappa shape index (κ3) is 6.39. The number of rotatable bonds is 9. The number of hydrogen-bond acceptors (Lipinski definition) is 3. The van der Waals surface area contributed by atoms with Crippen molar-refractivity contribution in [3.63, 3.8) is 0 Å². The van der Waals surface area contributed by atoms with Gasteiger partial charge in [-0.3, -0.25) is 9.80 Å². The van der Waals surface area contributed by atoms with Crippen molar-refractivity contribution in [2.45, 2.75) is 46.6 Å². The van der Waals surface area contributed by atoms with Crippen molar-refractivity contribution < 1.29 is 9.90 Å². The summed E-state index contributed by atoms with van der Waals surface area (Å²) in [6.07, 6.45) is 7.83. The molecular formula is C32H34N2O2. The van der Waals surface area contributed by atoms with Gasteiger partial charge < -0.3 is 5.11 Å². The Kier molecular flexibility index (Phi) is 8.17. The highest BCUT2D eigenvalue weighted by Gasteiger charge is 2.24. The quantitative estimate of drug-likeness (QED) is 0.352. The molecule has 0 aliphatic carbocycles. The Balaban J connectivity index is 1.56. The molecule has 0 fully saturated rings. The summed E-state index contributed by atoms with van der Waals surface area (Å²) >= 11 is 0. The summed E-state index contributed by atoms with van der Waals surface area (Å²) in [4.78, 5) is 12.2. The molecule has 3 aromatic carbocycles. The number of carboxylic acid groups (broad SMARTS) is 1. The minimum atomic E-state index is -0.782. The van der Waals surface area contributed by atoms with Crippen LogP contribution in [0.5, 0.6) is 0 Å². The Bertz CT molecular complexity index is 1290. The molecule has 184 valence electrons. The molecule has 0 spiro atoms. The van der Waals surface area contributed by atoms with Gasteiger partial charge >= 0.3 is 5.97 Å². The molecule has 0 amide bonds. The van der Waals surface area contributed by atoms with E-state index in [2.05, 4.69) is 74.5 Å². The number of aryl methyl sites for hydroxylation is 2. The highest BCUT2D eigenvalue weighted by Crippen LogP contribution is 2.29. The first-order valence-corrected chi connectivity index (χ1v) is 12.5. The molecule has 1 aliphatic heterocycles. The topological polar surface area (TPSA) is 52.9 Å². The summed E-state index contributed by atoms with van der Waals surface area (Å²) in [6.45, 7) is 6.78. The van der Waals surface area contributed by atoms with E-state index in [9.17, 15) is 9.90 Å². The summed E-state index contributed by atoms with van der Waals surface area (Å²) in [6, 6.07) is 24.9. The molecule has 4 rings (SSSR count). The van der Waals surface area contributed by atoms with Crippen LogP contribution in [0.2, 0.25) is 0 Å². The zero-order valence-corrected chi connectivity index (χ0v) is 21.3. The second-order valence-electron chi connectivity index (χ2n) is 9.50. The first-order valence-electron chi connectivity index (χ1n) is 12.5. The van der Waals surface area contributed by atoms with Crippen molar-refractivity contribution in [2.75, 3.05) is 0 Å². The van der Waals surface area contributed by atoms with Crippen LogP contribution < -0.4 is 0 Å². The number of allylic oxidation sites excluding steroid dienone is 2. The van der Waals surface area contributed by atoms with Crippen molar-refractivity contribution in [1.82, 2.24) is 5.01 Å². The maximum Gasteiger partial charge on any atom is 0.307 e. The van der Waals surface area contributed by atoms with Gasteiger partial charge in [0.05, 0.1) is 18.2 Å². The molecule has 3 aromatic rings. The second kappa shape index (κ2) is 11.7. The smallest absolute Gasteiger partial charge is 0.307 e. The number of benzene rings is 3. The summed E-state index contributed by atoms with van der Waals surface area (Å²) in [5.41, 5.74) is 8.81. The molecule has 1 unspecified atom stereocenters. The van der Waals surface area contributed by atoms with Crippen molar-refractivity contribution in [3.8, 4) is 0 Å². The van der Waals surface area contributed by atoms with E-state index < -0.39 is 11.9 Å². The zero-order valence-electron chi connectivity index (χ0n) is 21.3. The van der Waals surface area contributed by atoms with E-state index in [4.69, 9.17) is 5.10 Å². The Morgan fingerprint density at radius 2 is 1.75 bits per heavy atom. The average Bonchev–Trinajstić information content (AvgIpc) is 2.87. The number of carboxylic acids is 1. The standard InChI is InChI=1S/C32H34N2O2/c1-4-8-27-16-13-26(19-24(27)3)20-29(32(35)36)21-30-17-18-31(28-14-11-23(2)12-15-28)34(33-30)22-25-9-6-5-7-10-25/h4-16,18-19,29H,17,20-22H2,1-3H3,(H,35,36)/b8-4-. The Labute approximate surface area is 214 Å². The van der Waals surface area contributed by atoms with E-state index in [0.29, 0.717) is 25.8 Å². The first-order chi connectivity index (χ1) is 17.4. The fourth-order valence-electron chi connectivity index (χ4n) is 4.62. The molecule has 0 saturated carbocycles. The van der Waals surface area contributed by atoms with E-state index in [1.165, 1.54) is 5.56 Å². The van der Waals surface area contributed by atoms with E-state index >= 15 is 0 Å². The van der Waals surface area contributed by atoms with Gasteiger partial charge in [-0.05, 0) is 55.0 Å². The van der Waals surface area contributed by atoms with Crippen molar-refractivity contribution >= 4 is 23.5 Å². The van der Waals surface area contributed by atoms with Gasteiger partial charge in [0, 0.05) is 18.6 Å². The fourth-order valence-corrected chi connectivity index (χ4v) is 4.62. The lowest BCUT2D eigenvalue weighted by Gasteiger charge is -2.28. The molecule has 1 atom stereocenters. The van der Waals surface area contributed by atoms with Gasteiger partial charge in [-0.2, -0.15) is 5.10 Å². The predicted molar refractivity (Wildman–Crippen MR) is 149 cm³/mol. The van der Waals surface area contributed by atoms with E-state index in [1.807, 2.05) is 42.3 Å². The minimum absolute atomic E-state index is 0.425. The molecule has 0 saturated heterocycles. The van der Waals surface area contributed by atoms with Crippen LogP contribution in [0.25, 0.3) is 11.8 Å². The Morgan fingerprint density at radius 1 is 1.00 bits per heavy atom. The SMILES string of the molecule is C/C=C\c1ccc(CC(CC2=NN(Cc3ccccc3)C(c3ccc(C)cc3)=CC2)C(=O)O)cc1C. The molecule has 36 heavy (non-hydrogen) atoms. The summed E-state index contributed by atoms with van der Waals surface area (Å²) in [5, 5.41) is 17.0. The molecule has 1 aliphatic rings. The number of hydrogen-bond donors (Lipinski definition) is 1. The lowest BCUT2D eigenvalue weighted by molar-refractivity contribution is -0.141. The van der Waals surface area contributed by atoms with Gasteiger partial charge in [0.25, 0.3) is 0 Å². The molecule has 4 nitrogen and oxygen atoms in total. The van der Waals surface area contributed by atoms with Gasteiger partial charge in [-0.15, -0.1) is 0 Å². The lowest BCUT2D eigenvalue weighted by atomic mass is 9.91. The monoisotopic (exact) mass is 478 g/mol. The van der Waals surface area contributed by atoms with Crippen LogP contribution in [0.1, 0.15) is 53.1 Å². The summed E-state index contributed by atoms with van der Waals surface area (Å²) in [5.74, 6) is -1.31. The van der Waals surface area contributed by atoms with Crippen LogP contribution in [0.15, 0.2) is 90.0 Å². The average molecular weight is 479 g/mol. The van der Waals surface area contributed by atoms with Crippen LogP contribution in [-0.2, 0) is 17.8 Å². The van der Waals surface area contributed by atoms with Crippen LogP contribution in [0.3, 0.4) is 0 Å². The first kappa shape index (κ1) is 25.2. The molecular weight excluding hydrogens is 444 g/mol. The maximum absolute atomic E-state index is 12.2. The summed E-state index contributed by atoms with van der Waals surface area (Å²) < 4.78 is 0. The van der Waals surface area contributed by atoms with E-state index in [-0.39, 0.29) is 0 Å². The van der Waals surface area contributed by atoms with Crippen LogP contribution >= 0.6 is 0 Å². The van der Waals surface area contributed by atoms with Crippen molar-refractivity contribution in [3.05, 3.63) is 118 Å². The number of hydrazone groups is 1. The van der Waals surface area contributed by atoms with Gasteiger partial charge in [0.1, 0.15) is 0 Å². The number of nitrogens with zero attached hydrogens (tertiary/aromatic N) is 2. The zero-order chi connectivity index (χ0) is 25.5. The molecule has 0 aromatic heterocycles. The predicted octanol–water partition coefficient (Wildman–Crippen LogP) is 7.27. The Hall–Kier alpha value is -3.92. The third-order valence-corrected chi connectivity index (χ3v) is 6.59. The molecule has 0 bridgehead atoms. The van der Waals surface area contributed by atoms with Crippen molar-refractivity contribution in [2.24, 2.45) is 11.0 Å². The third-order valence-electron chi connectivity index (χ3n) is 6.59. The highest BCUT2D eigenvalue weighted by molar-refractivity contribution is 5.92. The maximum atomic E-state index is 12.2. The molecule has 0 radical (unpaired) electrons. The minimum Gasteiger partial charge on any atom is -0.481 e. The highest BCUT2D eigenvalue weighted by atomic mass is 16.4. The number of aliphatic carboxylic acids is 1. The van der Waals surface area contributed by atoms with Crippen molar-refractivity contribution in [1.29, 1.82) is 0 Å². The Morgan fingerprint density at radius 3 is 2.42 bits per heavy atom. The number of carbonyl (C=O) groups is 1. The van der Waals surface area contributed by atoms with E-state index in [1.54, 1.807) is 0 Å². The normalized spacial score (nSPS) is 14.5. The van der Waals surface area contributed by atoms with Gasteiger partial charge in [0.15, 0.2) is 0 Å². The fraction of sp³-hybridized carbons (Fsp3) is 0.250. The van der Waals surface area contributed by atoms with Crippen LogP contribution in [-0.4, -0.2) is 21.8 Å². The van der Waals surface area contributed by atoms with Gasteiger partial charge in [0.2, 0.25) is 0 Å². The molecule has 1 heterocycles. The largest absolute Gasteiger partial charge is 0.481 e.